The van der Waals surface area contributed by atoms with Gasteiger partial charge in [-0.2, -0.15) is 0 Å². The van der Waals surface area contributed by atoms with Crippen molar-refractivity contribution in [1.29, 1.82) is 0 Å². The van der Waals surface area contributed by atoms with E-state index in [1.165, 1.54) is 6.07 Å². The molecule has 0 saturated carbocycles. The third-order valence-corrected chi connectivity index (χ3v) is 4.25. The van der Waals surface area contributed by atoms with Crippen molar-refractivity contribution in [2.45, 2.75) is 27.4 Å². The molecule has 0 aromatic heterocycles. The molecule has 0 radical (unpaired) electrons. The Hall–Kier alpha value is -2.76. The van der Waals surface area contributed by atoms with Gasteiger partial charge in [-0.3, -0.25) is 0 Å². The van der Waals surface area contributed by atoms with Gasteiger partial charge in [-0.25, -0.2) is 18.6 Å². The molecule has 0 bridgehead atoms. The normalized spacial score (nSPS) is 11.0. The van der Waals surface area contributed by atoms with Crippen LogP contribution in [0.15, 0.2) is 35.3 Å². The van der Waals surface area contributed by atoms with Crippen LogP contribution in [0.1, 0.15) is 34.0 Å². The first-order valence-electron chi connectivity index (χ1n) is 8.29. The Morgan fingerprint density at radius 2 is 1.92 bits per heavy atom. The number of hydrogen-bond acceptors (Lipinski definition) is 3. The van der Waals surface area contributed by atoms with E-state index in [4.69, 9.17) is 4.74 Å². The second-order valence-electron chi connectivity index (χ2n) is 6.01. The SMILES string of the molecule is CCN(C)C=Nc1ccc(C(=O)OCc2ccc(F)cc2F)c(C)c1C. The van der Waals surface area contributed by atoms with Crippen LogP contribution in [0, 0.1) is 25.5 Å². The lowest BCUT2D eigenvalue weighted by molar-refractivity contribution is 0.0468. The Labute approximate surface area is 152 Å². The average molecular weight is 360 g/mol. The fourth-order valence-electron chi connectivity index (χ4n) is 2.27. The zero-order valence-electron chi connectivity index (χ0n) is 15.3. The van der Waals surface area contributed by atoms with E-state index in [0.29, 0.717) is 5.56 Å². The molecule has 2 rings (SSSR count). The van der Waals surface area contributed by atoms with Crippen molar-refractivity contribution < 1.29 is 18.3 Å². The molecule has 0 unspecified atom stereocenters. The largest absolute Gasteiger partial charge is 0.457 e. The van der Waals surface area contributed by atoms with Crippen LogP contribution in [0.2, 0.25) is 0 Å². The summed E-state index contributed by atoms with van der Waals surface area (Å²) in [6.45, 7) is 6.29. The minimum Gasteiger partial charge on any atom is -0.457 e. The Bertz CT molecular complexity index is 835. The zero-order valence-corrected chi connectivity index (χ0v) is 15.3. The number of rotatable bonds is 6. The van der Waals surface area contributed by atoms with Gasteiger partial charge in [-0.05, 0) is 56.2 Å². The van der Waals surface area contributed by atoms with Gasteiger partial charge < -0.3 is 9.64 Å². The summed E-state index contributed by atoms with van der Waals surface area (Å²) in [5.74, 6) is -1.97. The van der Waals surface area contributed by atoms with Crippen LogP contribution in [-0.4, -0.2) is 30.8 Å². The van der Waals surface area contributed by atoms with Gasteiger partial charge in [0.05, 0.1) is 17.6 Å². The Kier molecular flexibility index (Phi) is 6.44. The highest BCUT2D eigenvalue weighted by atomic mass is 19.1. The van der Waals surface area contributed by atoms with E-state index in [0.717, 1.165) is 35.5 Å². The molecule has 0 aliphatic rings. The Morgan fingerprint density at radius 1 is 1.19 bits per heavy atom. The summed E-state index contributed by atoms with van der Waals surface area (Å²) < 4.78 is 31.7. The molecule has 0 atom stereocenters. The summed E-state index contributed by atoms with van der Waals surface area (Å²) in [6, 6.07) is 6.54. The summed E-state index contributed by atoms with van der Waals surface area (Å²) in [5, 5.41) is 0. The van der Waals surface area contributed by atoms with Crippen LogP contribution in [0.3, 0.4) is 0 Å². The predicted octanol–water partition coefficient (Wildman–Crippen LogP) is 4.55. The first kappa shape index (κ1) is 19.6. The van der Waals surface area contributed by atoms with Crippen LogP contribution in [-0.2, 0) is 11.3 Å². The van der Waals surface area contributed by atoms with Gasteiger partial charge in [-0.15, -0.1) is 0 Å². The van der Waals surface area contributed by atoms with Crippen molar-refractivity contribution in [3.63, 3.8) is 0 Å². The summed E-state index contributed by atoms with van der Waals surface area (Å²) in [5.41, 5.74) is 2.91. The molecule has 0 heterocycles. The molecule has 2 aromatic rings. The number of esters is 1. The van der Waals surface area contributed by atoms with Gasteiger partial charge in [0, 0.05) is 25.2 Å². The summed E-state index contributed by atoms with van der Waals surface area (Å²) in [7, 11) is 1.92. The number of nitrogens with zero attached hydrogens (tertiary/aromatic N) is 2. The third-order valence-electron chi connectivity index (χ3n) is 4.25. The average Bonchev–Trinajstić information content (AvgIpc) is 2.61. The molecule has 0 amide bonds. The molecule has 138 valence electrons. The first-order chi connectivity index (χ1) is 12.3. The monoisotopic (exact) mass is 360 g/mol. The topological polar surface area (TPSA) is 41.9 Å². The van der Waals surface area contributed by atoms with E-state index in [2.05, 4.69) is 4.99 Å². The van der Waals surface area contributed by atoms with Gasteiger partial charge in [0.1, 0.15) is 18.2 Å². The highest BCUT2D eigenvalue weighted by molar-refractivity contribution is 5.92. The number of halogens is 2. The molecule has 0 spiro atoms. The van der Waals surface area contributed by atoms with Crippen molar-refractivity contribution >= 4 is 18.0 Å². The third kappa shape index (κ3) is 4.65. The molecule has 0 fully saturated rings. The minimum atomic E-state index is -0.740. The van der Waals surface area contributed by atoms with E-state index < -0.39 is 17.6 Å². The first-order valence-corrected chi connectivity index (χ1v) is 8.29. The highest BCUT2D eigenvalue weighted by Gasteiger charge is 2.15. The molecular formula is C20H22F2N2O2. The maximum atomic E-state index is 13.6. The molecule has 0 saturated heterocycles. The molecule has 0 aliphatic carbocycles. The molecule has 26 heavy (non-hydrogen) atoms. The van der Waals surface area contributed by atoms with Crippen LogP contribution in [0.4, 0.5) is 14.5 Å². The number of aliphatic imine (C=N–C) groups is 1. The minimum absolute atomic E-state index is 0.123. The van der Waals surface area contributed by atoms with E-state index in [1.807, 2.05) is 32.7 Å². The number of benzene rings is 2. The van der Waals surface area contributed by atoms with Crippen molar-refractivity contribution in [2.75, 3.05) is 13.6 Å². The van der Waals surface area contributed by atoms with Gasteiger partial charge >= 0.3 is 5.97 Å². The van der Waals surface area contributed by atoms with E-state index >= 15 is 0 Å². The van der Waals surface area contributed by atoms with E-state index in [-0.39, 0.29) is 12.2 Å². The molecule has 0 aliphatic heterocycles. The number of carbonyl (C=O) groups is 1. The number of hydrogen-bond donors (Lipinski definition) is 0. The quantitative estimate of drug-likeness (QED) is 0.431. The lowest BCUT2D eigenvalue weighted by Crippen LogP contribution is -2.14. The number of ether oxygens (including phenoxy) is 1. The maximum absolute atomic E-state index is 13.6. The van der Waals surface area contributed by atoms with Gasteiger partial charge in [-0.1, -0.05) is 0 Å². The summed E-state index contributed by atoms with van der Waals surface area (Å²) in [6.07, 6.45) is 1.73. The van der Waals surface area contributed by atoms with Gasteiger partial charge in [0.15, 0.2) is 0 Å². The second kappa shape index (κ2) is 8.56. The standard InChI is InChI=1S/C20H22F2N2O2/c1-5-24(4)12-23-19-9-8-17(13(2)14(19)3)20(25)26-11-15-6-7-16(21)10-18(15)22/h6-10,12H,5,11H2,1-4H3. The maximum Gasteiger partial charge on any atom is 0.338 e. The molecule has 6 heteroatoms. The lowest BCUT2D eigenvalue weighted by atomic mass is 10.0. The predicted molar refractivity (Wildman–Crippen MR) is 97.8 cm³/mol. The van der Waals surface area contributed by atoms with Crippen LogP contribution < -0.4 is 0 Å². The van der Waals surface area contributed by atoms with Crippen molar-refractivity contribution in [2.24, 2.45) is 4.99 Å². The molecule has 0 N–H and O–H groups in total. The van der Waals surface area contributed by atoms with Crippen LogP contribution >= 0.6 is 0 Å². The smallest absolute Gasteiger partial charge is 0.338 e. The molecular weight excluding hydrogens is 338 g/mol. The van der Waals surface area contributed by atoms with Crippen LogP contribution in [0.5, 0.6) is 0 Å². The van der Waals surface area contributed by atoms with Crippen molar-refractivity contribution in [3.8, 4) is 0 Å². The molecule has 4 nitrogen and oxygen atoms in total. The van der Waals surface area contributed by atoms with E-state index in [1.54, 1.807) is 18.5 Å². The Morgan fingerprint density at radius 3 is 2.58 bits per heavy atom. The lowest BCUT2D eigenvalue weighted by Gasteiger charge is -2.13. The number of carbonyl (C=O) groups excluding carboxylic acids is 1. The fraction of sp³-hybridized carbons (Fsp3) is 0.300. The van der Waals surface area contributed by atoms with Gasteiger partial charge in [0.2, 0.25) is 0 Å². The van der Waals surface area contributed by atoms with Crippen LogP contribution in [0.25, 0.3) is 0 Å². The van der Waals surface area contributed by atoms with Crippen molar-refractivity contribution in [1.82, 2.24) is 4.90 Å². The highest BCUT2D eigenvalue weighted by Crippen LogP contribution is 2.25. The van der Waals surface area contributed by atoms with Crippen molar-refractivity contribution in [3.05, 3.63) is 64.2 Å². The Balaban J connectivity index is 2.14. The zero-order chi connectivity index (χ0) is 19.3. The second-order valence-corrected chi connectivity index (χ2v) is 6.01. The van der Waals surface area contributed by atoms with E-state index in [9.17, 15) is 13.6 Å². The summed E-state index contributed by atoms with van der Waals surface area (Å²) >= 11 is 0. The summed E-state index contributed by atoms with van der Waals surface area (Å²) in [4.78, 5) is 18.7. The molecule has 2 aromatic carbocycles. The van der Waals surface area contributed by atoms with Gasteiger partial charge in [0.25, 0.3) is 0 Å². The fourth-order valence-corrected chi connectivity index (χ4v) is 2.27.